The van der Waals surface area contributed by atoms with E-state index in [0.717, 1.165) is 25.7 Å². The third-order valence-corrected chi connectivity index (χ3v) is 2.74. The van der Waals surface area contributed by atoms with Crippen LogP contribution < -0.4 is 5.32 Å². The topological polar surface area (TPSA) is 67.8 Å². The fourth-order valence-electron chi connectivity index (χ4n) is 1.84. The van der Waals surface area contributed by atoms with Crippen molar-refractivity contribution in [2.75, 3.05) is 26.9 Å². The molecule has 0 radical (unpaired) electrons. The van der Waals surface area contributed by atoms with Crippen molar-refractivity contribution in [2.24, 2.45) is 0 Å². The molecule has 0 bridgehead atoms. The minimum Gasteiger partial charge on any atom is -0.391 e. The van der Waals surface area contributed by atoms with Crippen LogP contribution in [0.25, 0.3) is 0 Å². The maximum atomic E-state index is 11.4. The molecule has 5 heteroatoms. The standard InChI is InChI=1S/C11H21NO4/c1-15-6-7-16-8-11(14)12-9-4-2-3-5-10(9)13/h9-10,13H,2-8H2,1H3,(H,12,14). The van der Waals surface area contributed by atoms with Crippen molar-refractivity contribution in [1.82, 2.24) is 5.32 Å². The minimum absolute atomic E-state index is 0.0343. The highest BCUT2D eigenvalue weighted by molar-refractivity contribution is 5.77. The van der Waals surface area contributed by atoms with E-state index >= 15 is 0 Å². The first-order valence-electron chi connectivity index (χ1n) is 5.78. The summed E-state index contributed by atoms with van der Waals surface area (Å²) in [7, 11) is 1.59. The molecule has 5 nitrogen and oxygen atoms in total. The van der Waals surface area contributed by atoms with Gasteiger partial charge in [0.05, 0.1) is 25.4 Å². The Morgan fingerprint density at radius 2 is 2.12 bits per heavy atom. The molecule has 1 amide bonds. The zero-order valence-corrected chi connectivity index (χ0v) is 9.78. The summed E-state index contributed by atoms with van der Waals surface area (Å²) in [6.45, 7) is 0.934. The summed E-state index contributed by atoms with van der Waals surface area (Å²) in [5.41, 5.74) is 0. The smallest absolute Gasteiger partial charge is 0.246 e. The van der Waals surface area contributed by atoms with Gasteiger partial charge in [-0.2, -0.15) is 0 Å². The van der Waals surface area contributed by atoms with Crippen LogP contribution in [-0.4, -0.2) is 50.1 Å². The van der Waals surface area contributed by atoms with E-state index in [-0.39, 0.29) is 18.6 Å². The average molecular weight is 231 g/mol. The molecule has 0 heterocycles. The van der Waals surface area contributed by atoms with Crippen molar-refractivity contribution in [3.8, 4) is 0 Å². The number of amides is 1. The van der Waals surface area contributed by atoms with Gasteiger partial charge in [0.1, 0.15) is 6.61 Å². The van der Waals surface area contributed by atoms with E-state index in [2.05, 4.69) is 5.32 Å². The number of hydrogen-bond acceptors (Lipinski definition) is 4. The van der Waals surface area contributed by atoms with Crippen LogP contribution in [0.2, 0.25) is 0 Å². The molecule has 1 fully saturated rings. The van der Waals surface area contributed by atoms with Crippen molar-refractivity contribution in [3.63, 3.8) is 0 Å². The Bertz CT molecular complexity index is 210. The van der Waals surface area contributed by atoms with Gasteiger partial charge < -0.3 is 19.9 Å². The van der Waals surface area contributed by atoms with Gasteiger partial charge >= 0.3 is 0 Å². The predicted molar refractivity (Wildman–Crippen MR) is 59.1 cm³/mol. The summed E-state index contributed by atoms with van der Waals surface area (Å²) in [6, 6.07) is -0.104. The van der Waals surface area contributed by atoms with Crippen molar-refractivity contribution in [1.29, 1.82) is 0 Å². The highest BCUT2D eigenvalue weighted by Gasteiger charge is 2.24. The lowest BCUT2D eigenvalue weighted by atomic mass is 9.92. The van der Waals surface area contributed by atoms with Crippen LogP contribution in [0.5, 0.6) is 0 Å². The van der Waals surface area contributed by atoms with E-state index in [1.54, 1.807) is 7.11 Å². The van der Waals surface area contributed by atoms with Gasteiger partial charge in [0.2, 0.25) is 5.91 Å². The Morgan fingerprint density at radius 3 is 2.81 bits per heavy atom. The lowest BCUT2D eigenvalue weighted by Crippen LogP contribution is -2.46. The molecule has 1 rings (SSSR count). The van der Waals surface area contributed by atoms with Crippen LogP contribution in [0.3, 0.4) is 0 Å². The molecule has 0 saturated heterocycles. The van der Waals surface area contributed by atoms with Crippen LogP contribution in [0, 0.1) is 0 Å². The molecule has 0 aliphatic heterocycles. The van der Waals surface area contributed by atoms with Gasteiger partial charge in [-0.25, -0.2) is 0 Å². The van der Waals surface area contributed by atoms with Gasteiger partial charge in [0.25, 0.3) is 0 Å². The molecule has 0 spiro atoms. The largest absolute Gasteiger partial charge is 0.391 e. The minimum atomic E-state index is -0.406. The second-order valence-electron chi connectivity index (χ2n) is 4.07. The van der Waals surface area contributed by atoms with E-state index < -0.39 is 6.10 Å². The first-order chi connectivity index (χ1) is 7.74. The molecule has 0 aromatic heterocycles. The van der Waals surface area contributed by atoms with Gasteiger partial charge in [-0.3, -0.25) is 4.79 Å². The van der Waals surface area contributed by atoms with Crippen LogP contribution in [0.1, 0.15) is 25.7 Å². The summed E-state index contributed by atoms with van der Waals surface area (Å²) < 4.78 is 9.89. The second kappa shape index (κ2) is 7.60. The van der Waals surface area contributed by atoms with E-state index in [9.17, 15) is 9.90 Å². The first kappa shape index (κ1) is 13.4. The number of carbonyl (C=O) groups is 1. The van der Waals surface area contributed by atoms with Gasteiger partial charge in [-0.15, -0.1) is 0 Å². The van der Waals surface area contributed by atoms with Crippen LogP contribution in [0.15, 0.2) is 0 Å². The molecular formula is C11H21NO4. The van der Waals surface area contributed by atoms with E-state index in [1.165, 1.54) is 0 Å². The summed E-state index contributed by atoms with van der Waals surface area (Å²) in [6.07, 6.45) is 3.32. The third kappa shape index (κ3) is 4.92. The van der Waals surface area contributed by atoms with E-state index in [0.29, 0.717) is 13.2 Å². The Balaban J connectivity index is 2.12. The Labute approximate surface area is 96.1 Å². The number of rotatable bonds is 6. The highest BCUT2D eigenvalue weighted by atomic mass is 16.5. The number of aliphatic hydroxyl groups excluding tert-OH is 1. The Kier molecular flexibility index (Phi) is 6.37. The SMILES string of the molecule is COCCOCC(=O)NC1CCCCC1O. The average Bonchev–Trinajstić information content (AvgIpc) is 2.28. The number of carbonyl (C=O) groups excluding carboxylic acids is 1. The Hall–Kier alpha value is -0.650. The van der Waals surface area contributed by atoms with E-state index in [1.807, 2.05) is 0 Å². The normalized spacial score (nSPS) is 25.4. The molecule has 0 aromatic carbocycles. The first-order valence-corrected chi connectivity index (χ1v) is 5.78. The van der Waals surface area contributed by atoms with E-state index in [4.69, 9.17) is 9.47 Å². The molecule has 1 saturated carbocycles. The van der Waals surface area contributed by atoms with Gasteiger partial charge in [-0.05, 0) is 12.8 Å². The molecule has 16 heavy (non-hydrogen) atoms. The fraction of sp³-hybridized carbons (Fsp3) is 0.909. The number of ether oxygens (including phenoxy) is 2. The van der Waals surface area contributed by atoms with Crippen molar-refractivity contribution >= 4 is 5.91 Å². The van der Waals surface area contributed by atoms with Gasteiger partial charge in [-0.1, -0.05) is 12.8 Å². The number of nitrogens with one attached hydrogen (secondary N) is 1. The number of methoxy groups -OCH3 is 1. The van der Waals surface area contributed by atoms with Crippen LogP contribution >= 0.6 is 0 Å². The summed E-state index contributed by atoms with van der Waals surface area (Å²) >= 11 is 0. The third-order valence-electron chi connectivity index (χ3n) is 2.74. The molecule has 1 aliphatic rings. The zero-order valence-electron chi connectivity index (χ0n) is 9.78. The lowest BCUT2D eigenvalue weighted by Gasteiger charge is -2.28. The monoisotopic (exact) mass is 231 g/mol. The molecular weight excluding hydrogens is 210 g/mol. The Morgan fingerprint density at radius 1 is 1.38 bits per heavy atom. The summed E-state index contributed by atoms with van der Waals surface area (Å²) in [4.78, 5) is 11.4. The van der Waals surface area contributed by atoms with Crippen LogP contribution in [0.4, 0.5) is 0 Å². The molecule has 94 valence electrons. The van der Waals surface area contributed by atoms with Crippen molar-refractivity contribution in [2.45, 2.75) is 37.8 Å². The summed E-state index contributed by atoms with van der Waals surface area (Å²) in [5, 5.41) is 12.4. The number of aliphatic hydroxyl groups is 1. The zero-order chi connectivity index (χ0) is 11.8. The molecule has 2 N–H and O–H groups in total. The van der Waals surface area contributed by atoms with Gasteiger partial charge in [0.15, 0.2) is 0 Å². The molecule has 1 aliphatic carbocycles. The maximum absolute atomic E-state index is 11.4. The fourth-order valence-corrected chi connectivity index (χ4v) is 1.84. The maximum Gasteiger partial charge on any atom is 0.246 e. The molecule has 2 atom stereocenters. The quantitative estimate of drug-likeness (QED) is 0.635. The molecule has 2 unspecified atom stereocenters. The second-order valence-corrected chi connectivity index (χ2v) is 4.07. The summed E-state index contributed by atoms with van der Waals surface area (Å²) in [5.74, 6) is -0.165. The van der Waals surface area contributed by atoms with Crippen LogP contribution in [-0.2, 0) is 14.3 Å². The van der Waals surface area contributed by atoms with Crippen molar-refractivity contribution < 1.29 is 19.4 Å². The van der Waals surface area contributed by atoms with Crippen molar-refractivity contribution in [3.05, 3.63) is 0 Å². The van der Waals surface area contributed by atoms with Gasteiger partial charge in [0, 0.05) is 7.11 Å². The number of hydrogen-bond donors (Lipinski definition) is 2. The lowest BCUT2D eigenvalue weighted by molar-refractivity contribution is -0.128. The predicted octanol–water partition coefficient (Wildman–Crippen LogP) is 0.0691. The molecule has 0 aromatic rings. The highest BCUT2D eigenvalue weighted by Crippen LogP contribution is 2.18.